The van der Waals surface area contributed by atoms with E-state index in [2.05, 4.69) is 15.3 Å². The number of H-pyrrole nitrogens is 1. The Morgan fingerprint density at radius 1 is 1.14 bits per heavy atom. The van der Waals surface area contributed by atoms with E-state index < -0.39 is 0 Å². The zero-order chi connectivity index (χ0) is 14.7. The number of rotatable bonds is 3. The van der Waals surface area contributed by atoms with Crippen LogP contribution in [0.25, 0.3) is 11.4 Å². The SMILES string of the molecule is S=c1[nH]nc(-c2cccc(Cl)c2)n1/N=C\c1ccccc1. The van der Waals surface area contributed by atoms with Crippen molar-refractivity contribution in [1.29, 1.82) is 0 Å². The van der Waals surface area contributed by atoms with Crippen LogP contribution in [0.4, 0.5) is 0 Å². The summed E-state index contributed by atoms with van der Waals surface area (Å²) < 4.78 is 2.01. The van der Waals surface area contributed by atoms with Crippen LogP contribution in [0.3, 0.4) is 0 Å². The Balaban J connectivity index is 2.02. The predicted octanol–water partition coefficient (Wildman–Crippen LogP) is 4.14. The van der Waals surface area contributed by atoms with Gasteiger partial charge >= 0.3 is 0 Å². The molecular weight excluding hydrogens is 304 g/mol. The molecule has 0 aliphatic rings. The van der Waals surface area contributed by atoms with Gasteiger partial charge in [0, 0.05) is 10.6 Å². The van der Waals surface area contributed by atoms with E-state index in [1.54, 1.807) is 10.9 Å². The van der Waals surface area contributed by atoms with Crippen molar-refractivity contribution in [3.05, 3.63) is 70.0 Å². The van der Waals surface area contributed by atoms with Crippen LogP contribution in [0, 0.1) is 4.77 Å². The summed E-state index contributed by atoms with van der Waals surface area (Å²) in [7, 11) is 0. The van der Waals surface area contributed by atoms with Crippen molar-refractivity contribution in [2.24, 2.45) is 5.10 Å². The molecule has 0 aliphatic carbocycles. The maximum absolute atomic E-state index is 6.02. The number of halogens is 1. The van der Waals surface area contributed by atoms with Crippen molar-refractivity contribution < 1.29 is 0 Å². The molecule has 1 aromatic heterocycles. The Hall–Kier alpha value is -2.24. The summed E-state index contributed by atoms with van der Waals surface area (Å²) in [6.07, 6.45) is 1.74. The van der Waals surface area contributed by atoms with E-state index in [9.17, 15) is 0 Å². The van der Waals surface area contributed by atoms with Crippen molar-refractivity contribution in [2.45, 2.75) is 0 Å². The van der Waals surface area contributed by atoms with Gasteiger partial charge < -0.3 is 0 Å². The molecule has 3 rings (SSSR count). The average molecular weight is 315 g/mol. The Bertz CT molecular complexity index is 836. The molecule has 6 heteroatoms. The molecule has 0 unspecified atom stereocenters. The molecule has 4 nitrogen and oxygen atoms in total. The van der Waals surface area contributed by atoms with Crippen LogP contribution in [0.15, 0.2) is 59.7 Å². The number of benzene rings is 2. The summed E-state index contributed by atoms with van der Waals surface area (Å²) in [6, 6.07) is 17.2. The molecule has 1 N–H and O–H groups in total. The monoisotopic (exact) mass is 314 g/mol. The van der Waals surface area contributed by atoms with Crippen molar-refractivity contribution in [1.82, 2.24) is 14.9 Å². The molecule has 2 aromatic carbocycles. The average Bonchev–Trinajstić information content (AvgIpc) is 2.87. The summed E-state index contributed by atoms with van der Waals surface area (Å²) in [4.78, 5) is 0. The second-order valence-corrected chi connectivity index (χ2v) is 5.15. The van der Waals surface area contributed by atoms with E-state index in [-0.39, 0.29) is 0 Å². The molecule has 0 saturated heterocycles. The van der Waals surface area contributed by atoms with Crippen LogP contribution in [-0.2, 0) is 0 Å². The van der Waals surface area contributed by atoms with Crippen LogP contribution >= 0.6 is 23.8 Å². The normalized spacial score (nSPS) is 11.1. The van der Waals surface area contributed by atoms with Gasteiger partial charge in [-0.3, -0.25) is 0 Å². The molecule has 21 heavy (non-hydrogen) atoms. The molecule has 104 valence electrons. The Labute approximate surface area is 131 Å². The zero-order valence-electron chi connectivity index (χ0n) is 10.9. The summed E-state index contributed by atoms with van der Waals surface area (Å²) >= 11 is 11.2. The van der Waals surface area contributed by atoms with Gasteiger partial charge in [-0.05, 0) is 29.9 Å². The molecule has 0 saturated carbocycles. The van der Waals surface area contributed by atoms with E-state index in [4.69, 9.17) is 23.8 Å². The largest absolute Gasteiger partial charge is 0.250 e. The molecule has 0 amide bonds. The molecular formula is C15H11ClN4S. The van der Waals surface area contributed by atoms with E-state index in [1.165, 1.54) is 0 Å². The predicted molar refractivity (Wildman–Crippen MR) is 87.3 cm³/mol. The van der Waals surface area contributed by atoms with Crippen molar-refractivity contribution in [2.75, 3.05) is 0 Å². The zero-order valence-corrected chi connectivity index (χ0v) is 12.5. The first kappa shape index (κ1) is 13.7. The van der Waals surface area contributed by atoms with Gasteiger partial charge in [0.15, 0.2) is 5.82 Å². The first-order valence-corrected chi connectivity index (χ1v) is 7.05. The van der Waals surface area contributed by atoms with Gasteiger partial charge in [0.1, 0.15) is 0 Å². The Kier molecular flexibility index (Phi) is 3.94. The first-order valence-electron chi connectivity index (χ1n) is 6.27. The minimum atomic E-state index is 0.428. The Morgan fingerprint density at radius 3 is 2.71 bits per heavy atom. The highest BCUT2D eigenvalue weighted by Gasteiger charge is 2.08. The van der Waals surface area contributed by atoms with Crippen molar-refractivity contribution in [3.8, 4) is 11.4 Å². The number of nitrogens with one attached hydrogen (secondary N) is 1. The third-order valence-electron chi connectivity index (χ3n) is 2.86. The summed E-state index contributed by atoms with van der Waals surface area (Å²) in [5.41, 5.74) is 1.83. The molecule has 0 atom stereocenters. The fourth-order valence-electron chi connectivity index (χ4n) is 1.88. The lowest BCUT2D eigenvalue weighted by molar-refractivity contribution is 0.871. The van der Waals surface area contributed by atoms with Crippen molar-refractivity contribution in [3.63, 3.8) is 0 Å². The highest BCUT2D eigenvalue weighted by atomic mass is 35.5. The lowest BCUT2D eigenvalue weighted by atomic mass is 10.2. The fourth-order valence-corrected chi connectivity index (χ4v) is 2.25. The van der Waals surface area contributed by atoms with Gasteiger partial charge in [-0.15, -0.1) is 0 Å². The lowest BCUT2D eigenvalue weighted by Gasteiger charge is -2.01. The quantitative estimate of drug-likeness (QED) is 0.583. The number of aromatic amines is 1. The van der Waals surface area contributed by atoms with Gasteiger partial charge in [-0.1, -0.05) is 54.1 Å². The third-order valence-corrected chi connectivity index (χ3v) is 3.35. The fraction of sp³-hybridized carbons (Fsp3) is 0. The highest BCUT2D eigenvalue weighted by Crippen LogP contribution is 2.21. The topological polar surface area (TPSA) is 46.0 Å². The minimum absolute atomic E-state index is 0.428. The Morgan fingerprint density at radius 2 is 1.95 bits per heavy atom. The van der Waals surface area contributed by atoms with E-state index in [0.717, 1.165) is 11.1 Å². The number of hydrogen-bond donors (Lipinski definition) is 1. The number of hydrogen-bond acceptors (Lipinski definition) is 3. The van der Waals surface area contributed by atoms with Crippen LogP contribution in [0.1, 0.15) is 5.56 Å². The molecule has 0 fully saturated rings. The summed E-state index contributed by atoms with van der Waals surface area (Å²) in [5, 5.41) is 12.0. The van der Waals surface area contributed by atoms with Gasteiger partial charge in [-0.25, -0.2) is 5.10 Å². The van der Waals surface area contributed by atoms with Gasteiger partial charge in [0.2, 0.25) is 4.77 Å². The maximum Gasteiger partial charge on any atom is 0.216 e. The lowest BCUT2D eigenvalue weighted by Crippen LogP contribution is -1.95. The van der Waals surface area contributed by atoms with Crippen LogP contribution < -0.4 is 0 Å². The summed E-state index contributed by atoms with van der Waals surface area (Å²) in [5.74, 6) is 0.620. The van der Waals surface area contributed by atoms with Crippen LogP contribution in [0.5, 0.6) is 0 Å². The molecule has 1 heterocycles. The van der Waals surface area contributed by atoms with Crippen LogP contribution in [0.2, 0.25) is 5.02 Å². The van der Waals surface area contributed by atoms with Crippen molar-refractivity contribution >= 4 is 30.0 Å². The number of nitrogens with zero attached hydrogens (tertiary/aromatic N) is 3. The van der Waals surface area contributed by atoms with E-state index in [1.807, 2.05) is 54.6 Å². The smallest absolute Gasteiger partial charge is 0.216 e. The van der Waals surface area contributed by atoms with Gasteiger partial charge in [-0.2, -0.15) is 14.9 Å². The van der Waals surface area contributed by atoms with E-state index >= 15 is 0 Å². The standard InChI is InChI=1S/C15H11ClN4S/c16-13-8-4-7-12(9-13)14-18-19-15(21)20(14)17-10-11-5-2-1-3-6-11/h1-10H,(H,19,21)/b17-10-. The van der Waals surface area contributed by atoms with Crippen LogP contribution in [-0.4, -0.2) is 21.1 Å². The molecule has 0 bridgehead atoms. The van der Waals surface area contributed by atoms with Gasteiger partial charge in [0.05, 0.1) is 6.21 Å². The second kappa shape index (κ2) is 6.03. The molecule has 0 aliphatic heterocycles. The molecule has 3 aromatic rings. The van der Waals surface area contributed by atoms with Gasteiger partial charge in [0.25, 0.3) is 0 Å². The first-order chi connectivity index (χ1) is 10.2. The number of aromatic nitrogens is 3. The molecule has 0 spiro atoms. The maximum atomic E-state index is 6.02. The molecule has 0 radical (unpaired) electrons. The highest BCUT2D eigenvalue weighted by molar-refractivity contribution is 7.71. The third kappa shape index (κ3) is 3.09. The minimum Gasteiger partial charge on any atom is -0.250 e. The summed E-state index contributed by atoms with van der Waals surface area (Å²) in [6.45, 7) is 0. The second-order valence-electron chi connectivity index (χ2n) is 4.33. The van der Waals surface area contributed by atoms with E-state index in [0.29, 0.717) is 15.6 Å².